The Hall–Kier alpha value is -1.60. The molecule has 1 fully saturated rings. The Bertz CT molecular complexity index is 551. The lowest BCUT2D eigenvalue weighted by molar-refractivity contribution is 0.0697. The predicted octanol–water partition coefficient (Wildman–Crippen LogP) is -0.0454. The highest BCUT2D eigenvalue weighted by molar-refractivity contribution is 7.91. The first kappa shape index (κ1) is 12.8. The molecule has 0 aliphatic carbocycles. The first-order valence-electron chi connectivity index (χ1n) is 5.36. The highest BCUT2D eigenvalue weighted by Gasteiger charge is 2.36. The molecule has 1 saturated heterocycles. The molecular formula is C11H13NO5S. The van der Waals surface area contributed by atoms with E-state index < -0.39 is 28.0 Å². The van der Waals surface area contributed by atoms with Gasteiger partial charge < -0.3 is 15.5 Å². The van der Waals surface area contributed by atoms with Crippen LogP contribution in [0.1, 0.15) is 10.4 Å². The number of aliphatic hydroxyl groups is 1. The van der Waals surface area contributed by atoms with Gasteiger partial charge in [-0.25, -0.2) is 13.2 Å². The van der Waals surface area contributed by atoms with E-state index in [1.165, 1.54) is 12.1 Å². The number of carbonyl (C=O) groups is 1. The van der Waals surface area contributed by atoms with Crippen molar-refractivity contribution < 1.29 is 23.4 Å². The Kier molecular flexibility index (Phi) is 3.27. The number of aromatic carboxylic acids is 1. The van der Waals surface area contributed by atoms with Crippen molar-refractivity contribution in [1.29, 1.82) is 0 Å². The third-order valence-corrected chi connectivity index (χ3v) is 4.52. The smallest absolute Gasteiger partial charge is 0.335 e. The molecular weight excluding hydrogens is 258 g/mol. The van der Waals surface area contributed by atoms with Gasteiger partial charge in [0.25, 0.3) is 0 Å². The molecule has 6 nitrogen and oxygen atoms in total. The highest BCUT2D eigenvalue weighted by atomic mass is 32.2. The predicted molar refractivity (Wildman–Crippen MR) is 65.5 cm³/mol. The van der Waals surface area contributed by atoms with Gasteiger partial charge in [0.15, 0.2) is 9.84 Å². The van der Waals surface area contributed by atoms with E-state index >= 15 is 0 Å². The van der Waals surface area contributed by atoms with Crippen molar-refractivity contribution >= 4 is 21.5 Å². The monoisotopic (exact) mass is 271 g/mol. The van der Waals surface area contributed by atoms with Crippen LogP contribution in [0.4, 0.5) is 5.69 Å². The second kappa shape index (κ2) is 4.58. The van der Waals surface area contributed by atoms with Crippen molar-refractivity contribution in [3.05, 3.63) is 29.8 Å². The SMILES string of the molecule is O=C(O)c1ccc(N[C@@H]2CS(=O)(=O)C[C@H]2O)cc1. The van der Waals surface area contributed by atoms with Crippen LogP contribution in [0.5, 0.6) is 0 Å². The summed E-state index contributed by atoms with van der Waals surface area (Å²) in [6, 6.07) is 5.37. The average Bonchev–Trinajstić information content (AvgIpc) is 2.52. The summed E-state index contributed by atoms with van der Waals surface area (Å²) in [5.74, 6) is -1.38. The van der Waals surface area contributed by atoms with Crippen LogP contribution in [-0.2, 0) is 9.84 Å². The van der Waals surface area contributed by atoms with Gasteiger partial charge in [-0.2, -0.15) is 0 Å². The number of anilines is 1. The van der Waals surface area contributed by atoms with Crippen molar-refractivity contribution in [3.8, 4) is 0 Å². The van der Waals surface area contributed by atoms with Crippen LogP contribution < -0.4 is 5.32 Å². The number of aliphatic hydroxyl groups excluding tert-OH is 1. The van der Waals surface area contributed by atoms with Gasteiger partial charge in [-0.1, -0.05) is 0 Å². The molecule has 0 amide bonds. The second-order valence-corrected chi connectivity index (χ2v) is 6.43. The number of rotatable bonds is 3. The third-order valence-electron chi connectivity index (χ3n) is 2.81. The van der Waals surface area contributed by atoms with Gasteiger partial charge in [-0.3, -0.25) is 0 Å². The van der Waals surface area contributed by atoms with E-state index in [9.17, 15) is 18.3 Å². The first-order chi connectivity index (χ1) is 8.37. The Labute approximate surface area is 104 Å². The number of hydrogen-bond acceptors (Lipinski definition) is 5. The topological polar surface area (TPSA) is 104 Å². The van der Waals surface area contributed by atoms with Crippen LogP contribution in [0.25, 0.3) is 0 Å². The van der Waals surface area contributed by atoms with Gasteiger partial charge in [0.1, 0.15) is 0 Å². The quantitative estimate of drug-likeness (QED) is 0.712. The average molecular weight is 271 g/mol. The molecule has 0 bridgehead atoms. The Morgan fingerprint density at radius 1 is 1.22 bits per heavy atom. The van der Waals surface area contributed by atoms with Crippen molar-refractivity contribution in [2.75, 3.05) is 16.8 Å². The maximum Gasteiger partial charge on any atom is 0.335 e. The van der Waals surface area contributed by atoms with Crippen molar-refractivity contribution in [3.63, 3.8) is 0 Å². The number of carboxylic acid groups (broad SMARTS) is 1. The zero-order valence-corrected chi connectivity index (χ0v) is 10.2. The van der Waals surface area contributed by atoms with Crippen molar-refractivity contribution in [2.24, 2.45) is 0 Å². The van der Waals surface area contributed by atoms with E-state index in [-0.39, 0.29) is 17.1 Å². The maximum atomic E-state index is 11.3. The minimum absolute atomic E-state index is 0.116. The van der Waals surface area contributed by atoms with Crippen molar-refractivity contribution in [1.82, 2.24) is 0 Å². The zero-order valence-electron chi connectivity index (χ0n) is 9.41. The van der Waals surface area contributed by atoms with Gasteiger partial charge in [-0.05, 0) is 24.3 Å². The summed E-state index contributed by atoms with van der Waals surface area (Å²) < 4.78 is 22.6. The molecule has 1 aromatic rings. The number of nitrogens with one attached hydrogen (secondary N) is 1. The molecule has 3 N–H and O–H groups in total. The molecule has 1 aliphatic rings. The zero-order chi connectivity index (χ0) is 13.3. The molecule has 0 radical (unpaired) electrons. The van der Waals surface area contributed by atoms with E-state index in [2.05, 4.69) is 5.32 Å². The lowest BCUT2D eigenvalue weighted by Gasteiger charge is -2.16. The molecule has 0 aromatic heterocycles. The van der Waals surface area contributed by atoms with E-state index in [0.29, 0.717) is 5.69 Å². The number of sulfone groups is 1. The van der Waals surface area contributed by atoms with E-state index in [1.807, 2.05) is 0 Å². The maximum absolute atomic E-state index is 11.3. The van der Waals surface area contributed by atoms with Gasteiger partial charge >= 0.3 is 5.97 Å². The van der Waals surface area contributed by atoms with Gasteiger partial charge in [0.05, 0.1) is 29.2 Å². The summed E-state index contributed by atoms with van der Waals surface area (Å²) in [7, 11) is -3.19. The lowest BCUT2D eigenvalue weighted by atomic mass is 10.1. The fourth-order valence-corrected chi connectivity index (χ4v) is 3.63. The molecule has 0 saturated carbocycles. The molecule has 7 heteroatoms. The van der Waals surface area contributed by atoms with Crippen LogP contribution in [-0.4, -0.2) is 48.3 Å². The van der Waals surface area contributed by atoms with Gasteiger partial charge in [0, 0.05) is 5.69 Å². The number of hydrogen-bond donors (Lipinski definition) is 3. The molecule has 18 heavy (non-hydrogen) atoms. The lowest BCUT2D eigenvalue weighted by Crippen LogP contribution is -2.31. The van der Waals surface area contributed by atoms with Crippen LogP contribution in [0.2, 0.25) is 0 Å². The Morgan fingerprint density at radius 2 is 1.83 bits per heavy atom. The number of benzene rings is 1. The normalized spacial score (nSPS) is 25.8. The van der Waals surface area contributed by atoms with Crippen LogP contribution >= 0.6 is 0 Å². The minimum atomic E-state index is -3.19. The van der Waals surface area contributed by atoms with E-state index in [0.717, 1.165) is 0 Å². The molecule has 1 aliphatic heterocycles. The molecule has 98 valence electrons. The third kappa shape index (κ3) is 2.80. The summed E-state index contributed by atoms with van der Waals surface area (Å²) >= 11 is 0. The van der Waals surface area contributed by atoms with E-state index in [4.69, 9.17) is 5.11 Å². The molecule has 2 rings (SSSR count). The molecule has 0 unspecified atom stereocenters. The fraction of sp³-hybridized carbons (Fsp3) is 0.364. The molecule has 2 atom stereocenters. The van der Waals surface area contributed by atoms with Crippen molar-refractivity contribution in [2.45, 2.75) is 12.1 Å². The highest BCUT2D eigenvalue weighted by Crippen LogP contribution is 2.18. The molecule has 0 spiro atoms. The summed E-state index contributed by atoms with van der Waals surface area (Å²) in [5.41, 5.74) is 0.737. The fourth-order valence-electron chi connectivity index (χ4n) is 1.89. The van der Waals surface area contributed by atoms with Crippen LogP contribution in [0.3, 0.4) is 0 Å². The van der Waals surface area contributed by atoms with Crippen LogP contribution in [0, 0.1) is 0 Å². The number of carboxylic acids is 1. The van der Waals surface area contributed by atoms with Crippen LogP contribution in [0.15, 0.2) is 24.3 Å². The summed E-state index contributed by atoms with van der Waals surface area (Å²) in [6.07, 6.45) is -0.936. The standard InChI is InChI=1S/C11H13NO5S/c13-10-6-18(16,17)5-9(10)12-8-3-1-7(2-4-8)11(14)15/h1-4,9-10,12-13H,5-6H2,(H,14,15)/t9-,10-/m1/s1. The largest absolute Gasteiger partial charge is 0.478 e. The van der Waals surface area contributed by atoms with E-state index in [1.54, 1.807) is 12.1 Å². The first-order valence-corrected chi connectivity index (χ1v) is 7.18. The van der Waals surface area contributed by atoms with Gasteiger partial charge in [0.2, 0.25) is 0 Å². The molecule has 1 aromatic carbocycles. The summed E-state index contributed by atoms with van der Waals surface area (Å²) in [6.45, 7) is 0. The Balaban J connectivity index is 2.08. The second-order valence-electron chi connectivity index (χ2n) is 4.28. The summed E-state index contributed by atoms with van der Waals surface area (Å²) in [5, 5.41) is 21.2. The summed E-state index contributed by atoms with van der Waals surface area (Å²) in [4.78, 5) is 10.7. The van der Waals surface area contributed by atoms with Gasteiger partial charge in [-0.15, -0.1) is 0 Å². The molecule has 1 heterocycles. The Morgan fingerprint density at radius 3 is 2.28 bits per heavy atom. The minimum Gasteiger partial charge on any atom is -0.478 e.